The molecule has 0 aromatic carbocycles. The van der Waals surface area contributed by atoms with Crippen molar-refractivity contribution in [1.82, 2.24) is 14.8 Å². The molecule has 3 fully saturated rings. The zero-order valence-corrected chi connectivity index (χ0v) is 14.9. The summed E-state index contributed by atoms with van der Waals surface area (Å²) in [6, 6.07) is 4.33. The van der Waals surface area contributed by atoms with E-state index in [2.05, 4.69) is 26.9 Å². The van der Waals surface area contributed by atoms with Crippen LogP contribution in [-0.2, 0) is 16.1 Å². The maximum atomic E-state index is 12.8. The Hall–Kier alpha value is -1.66. The van der Waals surface area contributed by atoms with E-state index in [-0.39, 0.29) is 11.9 Å². The summed E-state index contributed by atoms with van der Waals surface area (Å²) in [7, 11) is 0. The molecule has 0 N–H and O–H groups in total. The van der Waals surface area contributed by atoms with Crippen LogP contribution in [0, 0.1) is 0 Å². The zero-order valence-electron chi connectivity index (χ0n) is 14.9. The van der Waals surface area contributed by atoms with Gasteiger partial charge >= 0.3 is 0 Å². The second kappa shape index (κ2) is 7.70. The standard InChI is InChI=1S/C19H28N4O2/c24-19(22-10-12-25-13-11-22)17-4-3-9-23(17)15-16-5-6-18(20-14-16)21-7-1-2-8-21/h5-6,14,17H,1-4,7-13,15H2/t17-/m0/s1. The second-order valence-electron chi connectivity index (χ2n) is 7.28. The van der Waals surface area contributed by atoms with E-state index in [1.807, 2.05) is 11.1 Å². The third-order valence-corrected chi connectivity index (χ3v) is 5.60. The molecular weight excluding hydrogens is 316 g/mol. The van der Waals surface area contributed by atoms with Crippen molar-refractivity contribution >= 4 is 11.7 Å². The van der Waals surface area contributed by atoms with Crippen LogP contribution in [0.3, 0.4) is 0 Å². The lowest BCUT2D eigenvalue weighted by Gasteiger charge is -2.32. The number of nitrogens with zero attached hydrogens (tertiary/aromatic N) is 4. The molecule has 25 heavy (non-hydrogen) atoms. The molecule has 3 saturated heterocycles. The van der Waals surface area contributed by atoms with Crippen LogP contribution in [0.15, 0.2) is 18.3 Å². The van der Waals surface area contributed by atoms with Gasteiger partial charge in [0.15, 0.2) is 0 Å². The average Bonchev–Trinajstić information content (AvgIpc) is 3.35. The first-order chi connectivity index (χ1) is 12.3. The summed E-state index contributed by atoms with van der Waals surface area (Å²) < 4.78 is 5.37. The Balaban J connectivity index is 1.38. The van der Waals surface area contributed by atoms with E-state index >= 15 is 0 Å². The molecule has 0 saturated carbocycles. The SMILES string of the molecule is O=C([C@@H]1CCCN1Cc1ccc(N2CCCC2)nc1)N1CCOCC1. The Kier molecular flexibility index (Phi) is 5.17. The molecule has 0 bridgehead atoms. The Bertz CT molecular complexity index is 580. The minimum absolute atomic E-state index is 0.0244. The molecule has 0 unspecified atom stereocenters. The number of amides is 1. The first-order valence-electron chi connectivity index (χ1n) is 9.62. The first kappa shape index (κ1) is 16.8. The normalized spacial score (nSPS) is 24.9. The summed E-state index contributed by atoms with van der Waals surface area (Å²) in [4.78, 5) is 24.1. The number of anilines is 1. The van der Waals surface area contributed by atoms with E-state index in [1.54, 1.807) is 0 Å². The number of carbonyl (C=O) groups excluding carboxylic acids is 1. The third kappa shape index (κ3) is 3.80. The van der Waals surface area contributed by atoms with Crippen LogP contribution in [0.5, 0.6) is 0 Å². The van der Waals surface area contributed by atoms with Crippen LogP contribution in [0.4, 0.5) is 5.82 Å². The highest BCUT2D eigenvalue weighted by Gasteiger charge is 2.34. The highest BCUT2D eigenvalue weighted by molar-refractivity contribution is 5.82. The molecule has 3 aliphatic rings. The van der Waals surface area contributed by atoms with Gasteiger partial charge in [-0.3, -0.25) is 9.69 Å². The molecule has 6 heteroatoms. The van der Waals surface area contributed by atoms with E-state index in [9.17, 15) is 4.79 Å². The van der Waals surface area contributed by atoms with Crippen LogP contribution in [0.25, 0.3) is 0 Å². The first-order valence-corrected chi connectivity index (χ1v) is 9.62. The van der Waals surface area contributed by atoms with Crippen molar-refractivity contribution in [3.05, 3.63) is 23.9 Å². The van der Waals surface area contributed by atoms with Gasteiger partial charge in [0.1, 0.15) is 5.82 Å². The monoisotopic (exact) mass is 344 g/mol. The van der Waals surface area contributed by atoms with Crippen LogP contribution in [0.2, 0.25) is 0 Å². The summed E-state index contributed by atoms with van der Waals surface area (Å²) in [5, 5.41) is 0. The number of aromatic nitrogens is 1. The van der Waals surface area contributed by atoms with Gasteiger partial charge in [0.2, 0.25) is 5.91 Å². The van der Waals surface area contributed by atoms with Crippen molar-refractivity contribution in [3.63, 3.8) is 0 Å². The fourth-order valence-corrected chi connectivity index (χ4v) is 4.17. The number of ether oxygens (including phenoxy) is 1. The molecule has 1 atom stereocenters. The Morgan fingerprint density at radius 1 is 1.08 bits per heavy atom. The van der Waals surface area contributed by atoms with Crippen LogP contribution in [-0.4, -0.2) is 72.7 Å². The van der Waals surface area contributed by atoms with Crippen molar-refractivity contribution in [2.24, 2.45) is 0 Å². The molecule has 6 nitrogen and oxygen atoms in total. The predicted molar refractivity (Wildman–Crippen MR) is 96.5 cm³/mol. The second-order valence-corrected chi connectivity index (χ2v) is 7.28. The van der Waals surface area contributed by atoms with Crippen LogP contribution >= 0.6 is 0 Å². The third-order valence-electron chi connectivity index (χ3n) is 5.60. The number of carbonyl (C=O) groups is 1. The molecule has 0 spiro atoms. The largest absolute Gasteiger partial charge is 0.378 e. The van der Waals surface area contributed by atoms with Gasteiger partial charge in [-0.05, 0) is 43.9 Å². The van der Waals surface area contributed by atoms with Gasteiger partial charge in [0, 0.05) is 38.9 Å². The van der Waals surface area contributed by atoms with Gasteiger partial charge < -0.3 is 14.5 Å². The summed E-state index contributed by atoms with van der Waals surface area (Å²) in [6.45, 7) is 6.84. The predicted octanol–water partition coefficient (Wildman–Crippen LogP) is 1.50. The lowest BCUT2D eigenvalue weighted by atomic mass is 10.1. The molecule has 4 rings (SSSR count). The van der Waals surface area contributed by atoms with Crippen LogP contribution < -0.4 is 4.90 Å². The van der Waals surface area contributed by atoms with Crippen molar-refractivity contribution in [1.29, 1.82) is 0 Å². The number of morpholine rings is 1. The van der Waals surface area contributed by atoms with E-state index in [4.69, 9.17) is 4.74 Å². The minimum Gasteiger partial charge on any atom is -0.378 e. The zero-order chi connectivity index (χ0) is 17.1. The van der Waals surface area contributed by atoms with Gasteiger partial charge in [-0.2, -0.15) is 0 Å². The quantitative estimate of drug-likeness (QED) is 0.829. The summed E-state index contributed by atoms with van der Waals surface area (Å²) >= 11 is 0. The Morgan fingerprint density at radius 2 is 1.88 bits per heavy atom. The smallest absolute Gasteiger partial charge is 0.240 e. The van der Waals surface area contributed by atoms with Crippen LogP contribution in [0.1, 0.15) is 31.2 Å². The van der Waals surface area contributed by atoms with E-state index in [1.165, 1.54) is 18.4 Å². The number of rotatable bonds is 4. The van der Waals surface area contributed by atoms with Crippen molar-refractivity contribution in [2.75, 3.05) is 50.8 Å². The van der Waals surface area contributed by atoms with Gasteiger partial charge in [-0.15, -0.1) is 0 Å². The molecule has 3 aliphatic heterocycles. The molecule has 4 heterocycles. The number of likely N-dealkylation sites (tertiary alicyclic amines) is 1. The maximum Gasteiger partial charge on any atom is 0.240 e. The van der Waals surface area contributed by atoms with Crippen molar-refractivity contribution in [2.45, 2.75) is 38.3 Å². The lowest BCUT2D eigenvalue weighted by molar-refractivity contribution is -0.140. The topological polar surface area (TPSA) is 48.9 Å². The molecular formula is C19H28N4O2. The fraction of sp³-hybridized carbons (Fsp3) is 0.684. The number of hydrogen-bond donors (Lipinski definition) is 0. The molecule has 136 valence electrons. The Labute approximate surface area is 149 Å². The Morgan fingerprint density at radius 3 is 2.60 bits per heavy atom. The van der Waals surface area contributed by atoms with Gasteiger partial charge in [0.25, 0.3) is 0 Å². The summed E-state index contributed by atoms with van der Waals surface area (Å²) in [5.41, 5.74) is 1.20. The maximum absolute atomic E-state index is 12.8. The van der Waals surface area contributed by atoms with E-state index in [0.29, 0.717) is 13.2 Å². The molecule has 0 aliphatic carbocycles. The van der Waals surface area contributed by atoms with Crippen molar-refractivity contribution in [3.8, 4) is 0 Å². The minimum atomic E-state index is 0.0244. The highest BCUT2D eigenvalue weighted by Crippen LogP contribution is 2.23. The van der Waals surface area contributed by atoms with Gasteiger partial charge in [-0.25, -0.2) is 4.98 Å². The summed E-state index contributed by atoms with van der Waals surface area (Å²) in [6.07, 6.45) is 6.59. The molecule has 1 amide bonds. The van der Waals surface area contributed by atoms with Gasteiger partial charge in [0.05, 0.1) is 19.3 Å². The van der Waals surface area contributed by atoms with Crippen molar-refractivity contribution < 1.29 is 9.53 Å². The average molecular weight is 344 g/mol. The van der Waals surface area contributed by atoms with E-state index in [0.717, 1.165) is 57.9 Å². The fourth-order valence-electron chi connectivity index (χ4n) is 4.17. The number of pyridine rings is 1. The van der Waals surface area contributed by atoms with Gasteiger partial charge in [-0.1, -0.05) is 6.07 Å². The summed E-state index contributed by atoms with van der Waals surface area (Å²) in [5.74, 6) is 1.37. The lowest BCUT2D eigenvalue weighted by Crippen LogP contribution is -2.49. The van der Waals surface area contributed by atoms with E-state index < -0.39 is 0 Å². The highest BCUT2D eigenvalue weighted by atomic mass is 16.5. The molecule has 0 radical (unpaired) electrons. The molecule has 1 aromatic rings. The molecule has 1 aromatic heterocycles. The number of hydrogen-bond acceptors (Lipinski definition) is 5.